The molecule has 2 saturated heterocycles. The van der Waals surface area contributed by atoms with Crippen molar-refractivity contribution < 1.29 is 17.9 Å². The summed E-state index contributed by atoms with van der Waals surface area (Å²) in [5.41, 5.74) is 1.04. The Morgan fingerprint density at radius 1 is 1.03 bits per heavy atom. The Labute approximate surface area is 204 Å². The van der Waals surface area contributed by atoms with Gasteiger partial charge in [-0.25, -0.2) is 13.4 Å². The fraction of sp³-hybridized carbons (Fsp3) is 0.440. The molecule has 0 saturated carbocycles. The second kappa shape index (κ2) is 9.64. The third-order valence-corrected chi connectivity index (χ3v) is 9.98. The molecule has 2 fully saturated rings. The van der Waals surface area contributed by atoms with Gasteiger partial charge in [-0.2, -0.15) is 4.31 Å². The largest absolute Gasteiger partial charge is 0.497 e. The second-order valence-corrected chi connectivity index (χ2v) is 12.0. The molecule has 9 heteroatoms. The number of thiazole rings is 1. The minimum atomic E-state index is -3.64. The summed E-state index contributed by atoms with van der Waals surface area (Å²) < 4.78 is 34.1. The molecule has 3 aromatic rings. The maximum absolute atomic E-state index is 13.3. The molecule has 1 amide bonds. The van der Waals surface area contributed by atoms with Gasteiger partial charge in [0.15, 0.2) is 0 Å². The molecule has 5 rings (SSSR count). The second-order valence-electron chi connectivity index (χ2n) is 9.00. The van der Waals surface area contributed by atoms with Gasteiger partial charge in [0.25, 0.3) is 0 Å². The van der Waals surface area contributed by atoms with Crippen LogP contribution in [0, 0.1) is 5.92 Å². The summed E-state index contributed by atoms with van der Waals surface area (Å²) in [6.45, 7) is 2.07. The standard InChI is InChI=1S/C25H29N3O4S2/c1-32-20-8-10-21(11-9-20)34(30,31)28-14-4-5-19(17-28)25(29)27-15-12-18(13-16-27)24-26-22-6-2-3-7-23(22)33-24/h2-3,6-11,18-19H,4-5,12-17H2,1H3. The Kier molecular flexibility index (Phi) is 6.59. The summed E-state index contributed by atoms with van der Waals surface area (Å²) >= 11 is 1.75. The van der Waals surface area contributed by atoms with Gasteiger partial charge >= 0.3 is 0 Å². The fourth-order valence-electron chi connectivity index (χ4n) is 4.93. The van der Waals surface area contributed by atoms with Gasteiger partial charge in [-0.15, -0.1) is 11.3 Å². The number of piperidine rings is 2. The minimum absolute atomic E-state index is 0.0809. The van der Waals surface area contributed by atoms with Gasteiger partial charge in [0.1, 0.15) is 5.75 Å². The molecular weight excluding hydrogens is 470 g/mol. The summed E-state index contributed by atoms with van der Waals surface area (Å²) in [6, 6.07) is 14.6. The van der Waals surface area contributed by atoms with Gasteiger partial charge < -0.3 is 9.64 Å². The summed E-state index contributed by atoms with van der Waals surface area (Å²) in [7, 11) is -2.09. The van der Waals surface area contributed by atoms with Crippen LogP contribution in [-0.2, 0) is 14.8 Å². The number of rotatable bonds is 5. The maximum atomic E-state index is 13.3. The van der Waals surface area contributed by atoms with Crippen LogP contribution in [0.2, 0.25) is 0 Å². The van der Waals surface area contributed by atoms with Gasteiger partial charge in [-0.1, -0.05) is 12.1 Å². The van der Waals surface area contributed by atoms with Gasteiger partial charge in [-0.3, -0.25) is 4.79 Å². The molecule has 7 nitrogen and oxygen atoms in total. The molecule has 1 unspecified atom stereocenters. The molecule has 0 aliphatic carbocycles. The molecular formula is C25H29N3O4S2. The van der Waals surface area contributed by atoms with Crippen LogP contribution in [0.25, 0.3) is 10.2 Å². The number of sulfonamides is 1. The number of aromatic nitrogens is 1. The Hall–Kier alpha value is -2.49. The number of amides is 1. The first-order chi connectivity index (χ1) is 16.5. The van der Waals surface area contributed by atoms with E-state index in [1.54, 1.807) is 42.7 Å². The lowest BCUT2D eigenvalue weighted by atomic mass is 9.93. The number of carbonyl (C=O) groups excluding carboxylic acids is 1. The summed E-state index contributed by atoms with van der Waals surface area (Å²) in [4.78, 5) is 20.3. The zero-order valence-corrected chi connectivity index (χ0v) is 20.9. The van der Waals surface area contributed by atoms with Crippen LogP contribution in [-0.4, -0.2) is 61.8 Å². The molecule has 0 bridgehead atoms. The average molecular weight is 500 g/mol. The van der Waals surface area contributed by atoms with Crippen molar-refractivity contribution in [3.05, 3.63) is 53.5 Å². The average Bonchev–Trinajstić information content (AvgIpc) is 3.33. The van der Waals surface area contributed by atoms with Crippen LogP contribution in [0.4, 0.5) is 0 Å². The van der Waals surface area contributed by atoms with Crippen LogP contribution in [0.3, 0.4) is 0 Å². The lowest BCUT2D eigenvalue weighted by Gasteiger charge is -2.37. The number of fused-ring (bicyclic) bond motifs is 1. The van der Waals surface area contributed by atoms with Gasteiger partial charge in [0.2, 0.25) is 15.9 Å². The Morgan fingerprint density at radius 3 is 2.47 bits per heavy atom. The number of benzene rings is 2. The van der Waals surface area contributed by atoms with Crippen molar-refractivity contribution in [2.45, 2.75) is 36.5 Å². The van der Waals surface area contributed by atoms with Gasteiger partial charge in [-0.05, 0) is 62.1 Å². The van der Waals surface area contributed by atoms with Crippen molar-refractivity contribution in [3.8, 4) is 5.75 Å². The smallest absolute Gasteiger partial charge is 0.243 e. The molecule has 1 atom stereocenters. The highest BCUT2D eigenvalue weighted by Crippen LogP contribution is 2.35. The third-order valence-electron chi connectivity index (χ3n) is 6.90. The van der Waals surface area contributed by atoms with E-state index in [0.717, 1.165) is 29.8 Å². The van der Waals surface area contributed by atoms with E-state index in [1.165, 1.54) is 9.01 Å². The number of hydrogen-bond donors (Lipinski definition) is 0. The Balaban J connectivity index is 1.21. The SMILES string of the molecule is COc1ccc(S(=O)(=O)N2CCCC(C(=O)N3CCC(c4nc5ccccc5s4)CC3)C2)cc1. The number of hydrogen-bond acceptors (Lipinski definition) is 6. The summed E-state index contributed by atoms with van der Waals surface area (Å²) in [6.07, 6.45) is 3.21. The summed E-state index contributed by atoms with van der Waals surface area (Å²) in [5, 5.41) is 1.16. The minimum Gasteiger partial charge on any atom is -0.497 e. The van der Waals surface area contributed by atoms with Crippen LogP contribution < -0.4 is 4.74 Å². The zero-order chi connectivity index (χ0) is 23.7. The molecule has 180 valence electrons. The first-order valence-corrected chi connectivity index (χ1v) is 14.0. The first-order valence-electron chi connectivity index (χ1n) is 11.7. The Bertz CT molecular complexity index is 1230. The molecule has 34 heavy (non-hydrogen) atoms. The molecule has 0 spiro atoms. The number of ether oxygens (including phenoxy) is 1. The molecule has 0 radical (unpaired) electrons. The number of methoxy groups -OCH3 is 1. The highest BCUT2D eigenvalue weighted by Gasteiger charge is 2.36. The predicted octanol–water partition coefficient (Wildman–Crippen LogP) is 4.11. The van der Waals surface area contributed by atoms with Gasteiger partial charge in [0, 0.05) is 32.1 Å². The third kappa shape index (κ3) is 4.56. The van der Waals surface area contributed by atoms with Crippen molar-refractivity contribution in [3.63, 3.8) is 0 Å². The van der Waals surface area contributed by atoms with Crippen molar-refractivity contribution in [2.24, 2.45) is 5.92 Å². The zero-order valence-electron chi connectivity index (χ0n) is 19.2. The number of carbonyl (C=O) groups is 1. The summed E-state index contributed by atoms with van der Waals surface area (Å²) in [5.74, 6) is 0.776. The van der Waals surface area contributed by atoms with Crippen molar-refractivity contribution >= 4 is 37.5 Å². The highest BCUT2D eigenvalue weighted by atomic mass is 32.2. The van der Waals surface area contributed by atoms with E-state index < -0.39 is 10.0 Å². The molecule has 2 aliphatic heterocycles. The Morgan fingerprint density at radius 2 is 1.76 bits per heavy atom. The van der Waals surface area contributed by atoms with E-state index in [2.05, 4.69) is 6.07 Å². The molecule has 2 aromatic carbocycles. The lowest BCUT2D eigenvalue weighted by molar-refractivity contribution is -0.137. The number of likely N-dealkylation sites (tertiary alicyclic amines) is 1. The van der Waals surface area contributed by atoms with Crippen molar-refractivity contribution in [1.29, 1.82) is 0 Å². The molecule has 0 N–H and O–H groups in total. The van der Waals surface area contributed by atoms with Crippen LogP contribution >= 0.6 is 11.3 Å². The van der Waals surface area contributed by atoms with E-state index in [1.807, 2.05) is 23.1 Å². The predicted molar refractivity (Wildman–Crippen MR) is 133 cm³/mol. The van der Waals surface area contributed by atoms with E-state index in [9.17, 15) is 13.2 Å². The highest BCUT2D eigenvalue weighted by molar-refractivity contribution is 7.89. The van der Waals surface area contributed by atoms with Crippen LogP contribution in [0.5, 0.6) is 5.75 Å². The van der Waals surface area contributed by atoms with Crippen LogP contribution in [0.1, 0.15) is 36.6 Å². The van der Waals surface area contributed by atoms with Crippen molar-refractivity contribution in [2.75, 3.05) is 33.3 Å². The number of nitrogens with zero attached hydrogens (tertiary/aromatic N) is 3. The lowest BCUT2D eigenvalue weighted by Crippen LogP contribution is -2.48. The van der Waals surface area contributed by atoms with Crippen molar-refractivity contribution in [1.82, 2.24) is 14.2 Å². The fourth-order valence-corrected chi connectivity index (χ4v) is 7.59. The maximum Gasteiger partial charge on any atom is 0.243 e. The van der Waals surface area contributed by atoms with E-state index in [0.29, 0.717) is 37.7 Å². The quantitative estimate of drug-likeness (QED) is 0.528. The van der Waals surface area contributed by atoms with E-state index in [-0.39, 0.29) is 23.3 Å². The van der Waals surface area contributed by atoms with Gasteiger partial charge in [0.05, 0.1) is 33.1 Å². The van der Waals surface area contributed by atoms with Crippen LogP contribution in [0.15, 0.2) is 53.4 Å². The molecule has 2 aliphatic rings. The normalized spacial score (nSPS) is 20.5. The van der Waals surface area contributed by atoms with E-state index in [4.69, 9.17) is 9.72 Å². The molecule has 1 aromatic heterocycles. The molecule has 3 heterocycles. The van der Waals surface area contributed by atoms with E-state index >= 15 is 0 Å². The number of para-hydroxylation sites is 1. The topological polar surface area (TPSA) is 79.8 Å². The monoisotopic (exact) mass is 499 g/mol. The first kappa shape index (κ1) is 23.3.